The molecule has 1 aromatic rings. The van der Waals surface area contributed by atoms with E-state index in [4.69, 9.17) is 0 Å². The molecule has 0 aliphatic rings. The zero-order chi connectivity index (χ0) is 8.27. The molecule has 1 heterocycles. The van der Waals surface area contributed by atoms with Gasteiger partial charge in [0.05, 0.1) is 12.5 Å². The van der Waals surface area contributed by atoms with E-state index in [1.165, 1.54) is 0 Å². The number of imidazole rings is 1. The van der Waals surface area contributed by atoms with Gasteiger partial charge in [0, 0.05) is 14.1 Å². The van der Waals surface area contributed by atoms with Crippen LogP contribution in [0.4, 0.5) is 5.82 Å². The van der Waals surface area contributed by atoms with Gasteiger partial charge in [0.25, 0.3) is 0 Å². The Hall–Kier alpha value is -1.32. The Morgan fingerprint density at radius 2 is 2.36 bits per heavy atom. The van der Waals surface area contributed by atoms with Crippen LogP contribution >= 0.6 is 0 Å². The second kappa shape index (κ2) is 3.18. The van der Waals surface area contributed by atoms with Gasteiger partial charge >= 0.3 is 0 Å². The first-order valence-corrected chi connectivity index (χ1v) is 3.40. The van der Waals surface area contributed by atoms with Gasteiger partial charge in [-0.2, -0.15) is 0 Å². The minimum Gasteiger partial charge on any atom is -0.369 e. The standard InChI is InChI=1S/C7H12N4/c1-6-8-4-7(10-6)9-5-11(2)3/h4-5H,1-3H3,(H,8,10). The normalized spacial score (nSPS) is 10.8. The lowest BCUT2D eigenvalue weighted by Gasteiger charge is -2.00. The molecule has 1 N–H and O–H groups in total. The Labute approximate surface area is 66.0 Å². The molecule has 0 bridgehead atoms. The zero-order valence-corrected chi connectivity index (χ0v) is 7.00. The van der Waals surface area contributed by atoms with Gasteiger partial charge in [-0.3, -0.25) is 0 Å². The molecule has 0 spiro atoms. The Morgan fingerprint density at radius 3 is 2.82 bits per heavy atom. The number of rotatable bonds is 2. The third-order valence-corrected chi connectivity index (χ3v) is 1.12. The summed E-state index contributed by atoms with van der Waals surface area (Å²) < 4.78 is 0. The van der Waals surface area contributed by atoms with Gasteiger partial charge in [-0.1, -0.05) is 0 Å². The molecule has 4 heteroatoms. The fourth-order valence-electron chi connectivity index (χ4n) is 0.651. The van der Waals surface area contributed by atoms with Crippen molar-refractivity contribution in [2.45, 2.75) is 6.92 Å². The second-order valence-electron chi connectivity index (χ2n) is 2.56. The van der Waals surface area contributed by atoms with E-state index in [1.807, 2.05) is 25.9 Å². The van der Waals surface area contributed by atoms with Crippen LogP contribution in [-0.2, 0) is 0 Å². The van der Waals surface area contributed by atoms with Crippen molar-refractivity contribution in [2.75, 3.05) is 14.1 Å². The Balaban J connectivity index is 2.64. The van der Waals surface area contributed by atoms with Gasteiger partial charge in [0.2, 0.25) is 0 Å². The second-order valence-corrected chi connectivity index (χ2v) is 2.56. The van der Waals surface area contributed by atoms with Gasteiger partial charge in [0.15, 0.2) is 5.82 Å². The number of hydrogen-bond acceptors (Lipinski definition) is 2. The summed E-state index contributed by atoms with van der Waals surface area (Å²) in [6, 6.07) is 0. The van der Waals surface area contributed by atoms with Gasteiger partial charge in [-0.25, -0.2) is 9.98 Å². The van der Waals surface area contributed by atoms with E-state index in [9.17, 15) is 0 Å². The highest BCUT2D eigenvalue weighted by Gasteiger charge is 1.90. The molecule has 11 heavy (non-hydrogen) atoms. The van der Waals surface area contributed by atoms with Crippen LogP contribution in [0, 0.1) is 6.92 Å². The molecule has 0 fully saturated rings. The third kappa shape index (κ3) is 2.41. The summed E-state index contributed by atoms with van der Waals surface area (Å²) in [5, 5.41) is 0. The number of hydrogen-bond donors (Lipinski definition) is 1. The van der Waals surface area contributed by atoms with Crippen LogP contribution in [0.2, 0.25) is 0 Å². The lowest BCUT2D eigenvalue weighted by molar-refractivity contribution is 0.643. The van der Waals surface area contributed by atoms with Gasteiger partial charge in [0.1, 0.15) is 5.82 Å². The van der Waals surface area contributed by atoms with E-state index >= 15 is 0 Å². The van der Waals surface area contributed by atoms with Crippen molar-refractivity contribution in [1.82, 2.24) is 14.9 Å². The highest BCUT2D eigenvalue weighted by molar-refractivity contribution is 5.58. The van der Waals surface area contributed by atoms with Crippen molar-refractivity contribution in [1.29, 1.82) is 0 Å². The summed E-state index contributed by atoms with van der Waals surface area (Å²) in [4.78, 5) is 13.0. The number of aryl methyl sites for hydroxylation is 1. The van der Waals surface area contributed by atoms with Crippen molar-refractivity contribution >= 4 is 12.2 Å². The van der Waals surface area contributed by atoms with E-state index in [2.05, 4.69) is 15.0 Å². The Bertz CT molecular complexity index is 249. The minimum atomic E-state index is 0.788. The number of aromatic nitrogens is 2. The average Bonchev–Trinajstić information content (AvgIpc) is 2.31. The van der Waals surface area contributed by atoms with Crippen LogP contribution in [-0.4, -0.2) is 35.3 Å². The molecule has 0 atom stereocenters. The first-order valence-electron chi connectivity index (χ1n) is 3.40. The molecule has 4 nitrogen and oxygen atoms in total. The SMILES string of the molecule is Cc1ncc(N=CN(C)C)[nH]1. The van der Waals surface area contributed by atoms with Crippen molar-refractivity contribution in [2.24, 2.45) is 4.99 Å². The molecular weight excluding hydrogens is 140 g/mol. The largest absolute Gasteiger partial charge is 0.369 e. The number of nitrogens with one attached hydrogen (secondary N) is 1. The maximum Gasteiger partial charge on any atom is 0.151 e. The number of nitrogens with zero attached hydrogens (tertiary/aromatic N) is 3. The van der Waals surface area contributed by atoms with E-state index in [0.29, 0.717) is 0 Å². The van der Waals surface area contributed by atoms with Gasteiger partial charge < -0.3 is 9.88 Å². The summed E-state index contributed by atoms with van der Waals surface area (Å²) in [7, 11) is 3.85. The predicted octanol–water partition coefficient (Wildman–Crippen LogP) is 0.940. The highest BCUT2D eigenvalue weighted by Crippen LogP contribution is 2.04. The van der Waals surface area contributed by atoms with E-state index in [-0.39, 0.29) is 0 Å². The summed E-state index contributed by atoms with van der Waals surface area (Å²) in [6.45, 7) is 1.90. The highest BCUT2D eigenvalue weighted by atomic mass is 15.1. The molecule has 0 unspecified atom stereocenters. The van der Waals surface area contributed by atoms with Crippen LogP contribution in [0.25, 0.3) is 0 Å². The predicted molar refractivity (Wildman–Crippen MR) is 45.2 cm³/mol. The van der Waals surface area contributed by atoms with Crippen molar-refractivity contribution in [3.8, 4) is 0 Å². The minimum absolute atomic E-state index is 0.788. The molecule has 0 saturated carbocycles. The first kappa shape index (κ1) is 7.78. The summed E-state index contributed by atoms with van der Waals surface area (Å²) >= 11 is 0. The summed E-state index contributed by atoms with van der Waals surface area (Å²) in [5.74, 6) is 1.67. The molecule has 60 valence electrons. The Kier molecular flexibility index (Phi) is 2.25. The lowest BCUT2D eigenvalue weighted by Crippen LogP contribution is -2.06. The number of aromatic amines is 1. The van der Waals surface area contributed by atoms with E-state index in [1.54, 1.807) is 12.5 Å². The molecule has 0 aliphatic heterocycles. The number of H-pyrrole nitrogens is 1. The van der Waals surface area contributed by atoms with Crippen LogP contribution in [0.5, 0.6) is 0 Å². The quantitative estimate of drug-likeness (QED) is 0.506. The van der Waals surface area contributed by atoms with Crippen LogP contribution < -0.4 is 0 Å². The molecule has 0 saturated heterocycles. The molecule has 0 radical (unpaired) electrons. The molecule has 1 rings (SSSR count). The molecule has 0 aliphatic carbocycles. The average molecular weight is 152 g/mol. The fourth-order valence-corrected chi connectivity index (χ4v) is 0.651. The monoisotopic (exact) mass is 152 g/mol. The summed E-state index contributed by atoms with van der Waals surface area (Å²) in [6.07, 6.45) is 3.43. The van der Waals surface area contributed by atoms with Crippen LogP contribution in [0.3, 0.4) is 0 Å². The first-order chi connectivity index (χ1) is 5.18. The van der Waals surface area contributed by atoms with Crippen LogP contribution in [0.15, 0.2) is 11.2 Å². The lowest BCUT2D eigenvalue weighted by atomic mass is 10.7. The smallest absolute Gasteiger partial charge is 0.151 e. The van der Waals surface area contributed by atoms with Crippen LogP contribution in [0.1, 0.15) is 5.82 Å². The molecule has 0 aromatic carbocycles. The Morgan fingerprint density at radius 1 is 1.64 bits per heavy atom. The topological polar surface area (TPSA) is 44.3 Å². The van der Waals surface area contributed by atoms with Crippen molar-refractivity contribution in [3.63, 3.8) is 0 Å². The third-order valence-electron chi connectivity index (χ3n) is 1.12. The number of aliphatic imine (C=N–C) groups is 1. The maximum absolute atomic E-state index is 4.11. The van der Waals surface area contributed by atoms with Crippen molar-refractivity contribution < 1.29 is 0 Å². The van der Waals surface area contributed by atoms with Gasteiger partial charge in [-0.15, -0.1) is 0 Å². The summed E-state index contributed by atoms with van der Waals surface area (Å²) in [5.41, 5.74) is 0. The van der Waals surface area contributed by atoms with Crippen molar-refractivity contribution in [3.05, 3.63) is 12.0 Å². The fraction of sp³-hybridized carbons (Fsp3) is 0.429. The molecule has 0 amide bonds. The maximum atomic E-state index is 4.11. The molecular formula is C7H12N4. The molecule has 1 aromatic heterocycles. The van der Waals surface area contributed by atoms with E-state index in [0.717, 1.165) is 11.6 Å². The zero-order valence-electron chi connectivity index (χ0n) is 7.00. The van der Waals surface area contributed by atoms with Gasteiger partial charge in [-0.05, 0) is 6.92 Å². The van der Waals surface area contributed by atoms with E-state index < -0.39 is 0 Å².